The van der Waals surface area contributed by atoms with Crippen molar-refractivity contribution in [2.75, 3.05) is 26.2 Å². The maximum absolute atomic E-state index is 5.35. The highest BCUT2D eigenvalue weighted by molar-refractivity contribution is 5.13. The van der Waals surface area contributed by atoms with Gasteiger partial charge in [-0.05, 0) is 31.2 Å². The predicted octanol–water partition coefficient (Wildman–Crippen LogP) is 4.59. The van der Waals surface area contributed by atoms with Crippen molar-refractivity contribution < 1.29 is 4.48 Å². The van der Waals surface area contributed by atoms with Crippen LogP contribution in [0.2, 0.25) is 0 Å². The second-order valence-electron chi connectivity index (χ2n) is 5.93. The molecule has 0 aliphatic heterocycles. The molecule has 1 rings (SSSR count). The average molecular weight is 294 g/mol. The van der Waals surface area contributed by atoms with Crippen LogP contribution >= 0.6 is 0 Å². The lowest BCUT2D eigenvalue weighted by Crippen LogP contribution is -2.50. The minimum Gasteiger partial charge on any atom is -0.326 e. The molecule has 0 bridgehead atoms. The highest BCUT2D eigenvalue weighted by Crippen LogP contribution is 2.12. The second-order valence-corrected chi connectivity index (χ2v) is 5.93. The third kappa shape index (κ3) is 8.90. The van der Waals surface area contributed by atoms with Crippen LogP contribution < -0.4 is 5.73 Å². The molecular formula is C19H37N2+. The summed E-state index contributed by atoms with van der Waals surface area (Å²) in [6.45, 7) is 15.4. The van der Waals surface area contributed by atoms with E-state index in [9.17, 15) is 0 Å². The molecule has 0 fully saturated rings. The van der Waals surface area contributed by atoms with Gasteiger partial charge in [0, 0.05) is 6.54 Å². The number of benzene rings is 1. The molecule has 21 heavy (non-hydrogen) atoms. The summed E-state index contributed by atoms with van der Waals surface area (Å²) in [5.74, 6) is 0. The van der Waals surface area contributed by atoms with E-state index in [4.69, 9.17) is 5.73 Å². The molecule has 122 valence electrons. The van der Waals surface area contributed by atoms with Crippen LogP contribution in [0.25, 0.3) is 0 Å². The number of hydrogen-bond donors (Lipinski definition) is 1. The van der Waals surface area contributed by atoms with Crippen LogP contribution in [0.4, 0.5) is 0 Å². The Hall–Kier alpha value is -0.860. The van der Waals surface area contributed by atoms with E-state index in [2.05, 4.69) is 27.7 Å². The van der Waals surface area contributed by atoms with E-state index >= 15 is 0 Å². The molecule has 0 atom stereocenters. The molecule has 0 radical (unpaired) electrons. The van der Waals surface area contributed by atoms with Crippen LogP contribution in [0, 0.1) is 0 Å². The topological polar surface area (TPSA) is 26.0 Å². The van der Waals surface area contributed by atoms with Gasteiger partial charge in [-0.25, -0.2) is 0 Å². The van der Waals surface area contributed by atoms with Crippen LogP contribution in [0.3, 0.4) is 0 Å². The molecule has 0 saturated heterocycles. The van der Waals surface area contributed by atoms with E-state index in [-0.39, 0.29) is 0 Å². The molecule has 2 nitrogen and oxygen atoms in total. The Labute approximate surface area is 132 Å². The summed E-state index contributed by atoms with van der Waals surface area (Å²) < 4.78 is 1.38. The summed E-state index contributed by atoms with van der Waals surface area (Å²) in [5, 5.41) is 0. The third-order valence-corrected chi connectivity index (χ3v) is 3.87. The fraction of sp³-hybridized carbons (Fsp3) is 0.684. The van der Waals surface area contributed by atoms with Gasteiger partial charge in [0.05, 0.1) is 26.2 Å². The van der Waals surface area contributed by atoms with Gasteiger partial charge in [0.1, 0.15) is 0 Å². The lowest BCUT2D eigenvalue weighted by molar-refractivity contribution is -0.928. The summed E-state index contributed by atoms with van der Waals surface area (Å²) in [4.78, 5) is 0. The SMILES string of the molecule is CCC[N+](CCC)(CCC)CCC.NCc1ccccc1. The third-order valence-electron chi connectivity index (χ3n) is 3.87. The summed E-state index contributed by atoms with van der Waals surface area (Å²) in [5.41, 5.74) is 6.54. The van der Waals surface area contributed by atoms with Crippen molar-refractivity contribution in [2.45, 2.75) is 59.9 Å². The first-order chi connectivity index (χ1) is 10.2. The lowest BCUT2D eigenvalue weighted by Gasteiger charge is -2.38. The molecule has 0 amide bonds. The first kappa shape index (κ1) is 20.1. The molecule has 0 spiro atoms. The molecule has 1 aromatic rings. The van der Waals surface area contributed by atoms with Crippen molar-refractivity contribution >= 4 is 0 Å². The van der Waals surface area contributed by atoms with Gasteiger partial charge in [0.25, 0.3) is 0 Å². The fourth-order valence-electron chi connectivity index (χ4n) is 3.18. The van der Waals surface area contributed by atoms with Crippen LogP contribution in [-0.2, 0) is 6.54 Å². The molecule has 2 heteroatoms. The molecule has 0 aliphatic carbocycles. The molecule has 1 aromatic carbocycles. The Morgan fingerprint density at radius 2 is 1.10 bits per heavy atom. The zero-order valence-electron chi connectivity index (χ0n) is 14.8. The zero-order chi connectivity index (χ0) is 16.0. The van der Waals surface area contributed by atoms with Crippen molar-refractivity contribution in [2.24, 2.45) is 5.73 Å². The van der Waals surface area contributed by atoms with E-state index in [1.165, 1.54) is 61.9 Å². The summed E-state index contributed by atoms with van der Waals surface area (Å²) >= 11 is 0. The Morgan fingerprint density at radius 1 is 0.714 bits per heavy atom. The van der Waals surface area contributed by atoms with Gasteiger partial charge in [-0.2, -0.15) is 0 Å². The van der Waals surface area contributed by atoms with Gasteiger partial charge in [0.15, 0.2) is 0 Å². The van der Waals surface area contributed by atoms with Crippen LogP contribution in [-0.4, -0.2) is 30.7 Å². The summed E-state index contributed by atoms with van der Waals surface area (Å²) in [6.07, 6.45) is 5.33. The van der Waals surface area contributed by atoms with Crippen LogP contribution in [0.15, 0.2) is 30.3 Å². The Bertz CT molecular complexity index is 292. The maximum Gasteiger partial charge on any atom is 0.0783 e. The Balaban J connectivity index is 0.000000423. The van der Waals surface area contributed by atoms with Gasteiger partial charge in [-0.3, -0.25) is 0 Å². The van der Waals surface area contributed by atoms with Crippen molar-refractivity contribution in [1.82, 2.24) is 0 Å². The minimum absolute atomic E-state index is 0.640. The molecule has 0 heterocycles. The van der Waals surface area contributed by atoms with Crippen molar-refractivity contribution in [1.29, 1.82) is 0 Å². The number of hydrogen-bond acceptors (Lipinski definition) is 1. The standard InChI is InChI=1S/C12H28N.C7H9N/c1-5-9-13(10-6-2,11-7-3)12-8-4;8-6-7-4-2-1-3-5-7/h5-12H2,1-4H3;1-5H,6,8H2/q+1;. The smallest absolute Gasteiger partial charge is 0.0783 e. The molecular weight excluding hydrogens is 256 g/mol. The fourth-order valence-corrected chi connectivity index (χ4v) is 3.18. The van der Waals surface area contributed by atoms with Gasteiger partial charge in [-0.1, -0.05) is 58.0 Å². The first-order valence-electron chi connectivity index (χ1n) is 8.77. The Kier molecular flexibility index (Phi) is 12.3. The first-order valence-corrected chi connectivity index (χ1v) is 8.77. The summed E-state index contributed by atoms with van der Waals surface area (Å²) in [6, 6.07) is 9.99. The molecule has 2 N–H and O–H groups in total. The number of nitrogens with zero attached hydrogens (tertiary/aromatic N) is 1. The Morgan fingerprint density at radius 3 is 1.33 bits per heavy atom. The number of rotatable bonds is 9. The van der Waals surface area contributed by atoms with E-state index in [1.54, 1.807) is 0 Å². The van der Waals surface area contributed by atoms with Gasteiger partial charge < -0.3 is 10.2 Å². The minimum atomic E-state index is 0.640. The van der Waals surface area contributed by atoms with Crippen molar-refractivity contribution in [3.63, 3.8) is 0 Å². The van der Waals surface area contributed by atoms with Crippen LogP contribution in [0.1, 0.15) is 58.9 Å². The van der Waals surface area contributed by atoms with Gasteiger partial charge in [-0.15, -0.1) is 0 Å². The van der Waals surface area contributed by atoms with Crippen molar-refractivity contribution in [3.05, 3.63) is 35.9 Å². The van der Waals surface area contributed by atoms with Crippen LogP contribution in [0.5, 0.6) is 0 Å². The highest BCUT2D eigenvalue weighted by atomic mass is 15.3. The van der Waals surface area contributed by atoms with E-state index < -0.39 is 0 Å². The zero-order valence-corrected chi connectivity index (χ0v) is 14.8. The average Bonchev–Trinajstić information content (AvgIpc) is 2.50. The highest BCUT2D eigenvalue weighted by Gasteiger charge is 2.22. The van der Waals surface area contributed by atoms with Crippen molar-refractivity contribution in [3.8, 4) is 0 Å². The van der Waals surface area contributed by atoms with E-state index in [0.29, 0.717) is 6.54 Å². The number of quaternary nitrogens is 1. The largest absolute Gasteiger partial charge is 0.326 e. The summed E-state index contributed by atoms with van der Waals surface area (Å²) in [7, 11) is 0. The lowest BCUT2D eigenvalue weighted by atomic mass is 10.2. The number of nitrogens with two attached hydrogens (primary N) is 1. The van der Waals surface area contributed by atoms with E-state index in [0.717, 1.165) is 0 Å². The monoisotopic (exact) mass is 293 g/mol. The molecule has 0 saturated carbocycles. The quantitative estimate of drug-likeness (QED) is 0.662. The van der Waals surface area contributed by atoms with E-state index in [1.807, 2.05) is 30.3 Å². The molecule has 0 aromatic heterocycles. The molecule has 0 unspecified atom stereocenters. The second kappa shape index (κ2) is 12.8. The normalized spacial score (nSPS) is 10.9. The predicted molar refractivity (Wildman–Crippen MR) is 95.2 cm³/mol. The van der Waals surface area contributed by atoms with Gasteiger partial charge >= 0.3 is 0 Å². The maximum atomic E-state index is 5.35. The van der Waals surface area contributed by atoms with Gasteiger partial charge in [0.2, 0.25) is 0 Å². The molecule has 0 aliphatic rings.